The molecule has 1 aliphatic rings. The van der Waals surface area contributed by atoms with Gasteiger partial charge in [0.1, 0.15) is 5.82 Å². The lowest BCUT2D eigenvalue weighted by Crippen LogP contribution is -2.13. The Balaban J connectivity index is 1.84. The van der Waals surface area contributed by atoms with Crippen LogP contribution in [-0.2, 0) is 0 Å². The van der Waals surface area contributed by atoms with E-state index >= 15 is 0 Å². The molecule has 3 rings (SSSR count). The maximum atomic E-state index is 12.8. The monoisotopic (exact) mass is 233 g/mol. The number of halogens is 1. The van der Waals surface area contributed by atoms with Gasteiger partial charge in [-0.1, -0.05) is 17.3 Å². The maximum absolute atomic E-state index is 12.8. The van der Waals surface area contributed by atoms with E-state index in [1.165, 1.54) is 12.1 Å². The van der Waals surface area contributed by atoms with Gasteiger partial charge in [-0.2, -0.15) is 4.98 Å². The van der Waals surface area contributed by atoms with Gasteiger partial charge in [0.2, 0.25) is 5.89 Å². The molecule has 1 aromatic carbocycles. The van der Waals surface area contributed by atoms with E-state index in [0.717, 1.165) is 18.4 Å². The van der Waals surface area contributed by atoms with Crippen LogP contribution in [0.2, 0.25) is 0 Å². The Hall–Kier alpha value is -1.75. The molecule has 0 spiro atoms. The highest BCUT2D eigenvalue weighted by Crippen LogP contribution is 2.39. The van der Waals surface area contributed by atoms with E-state index in [9.17, 15) is 4.39 Å². The SMILES string of the molecule is NC(c1ccc(F)cc1)c1noc(C2CC2)n1. The Morgan fingerprint density at radius 2 is 2.00 bits per heavy atom. The van der Waals surface area contributed by atoms with Crippen molar-refractivity contribution in [3.05, 3.63) is 47.4 Å². The van der Waals surface area contributed by atoms with Crippen LogP contribution >= 0.6 is 0 Å². The molecule has 5 heteroatoms. The second kappa shape index (κ2) is 3.92. The fraction of sp³-hybridized carbons (Fsp3) is 0.333. The third kappa shape index (κ3) is 2.06. The van der Waals surface area contributed by atoms with Crippen LogP contribution in [0.4, 0.5) is 4.39 Å². The highest BCUT2D eigenvalue weighted by Gasteiger charge is 2.30. The van der Waals surface area contributed by atoms with Gasteiger partial charge in [-0.15, -0.1) is 0 Å². The van der Waals surface area contributed by atoms with Gasteiger partial charge in [0.05, 0.1) is 6.04 Å². The van der Waals surface area contributed by atoms with E-state index in [2.05, 4.69) is 10.1 Å². The molecule has 1 heterocycles. The summed E-state index contributed by atoms with van der Waals surface area (Å²) in [5.41, 5.74) is 6.77. The molecule has 88 valence electrons. The van der Waals surface area contributed by atoms with Crippen molar-refractivity contribution in [2.24, 2.45) is 5.73 Å². The van der Waals surface area contributed by atoms with Crippen molar-refractivity contribution in [2.45, 2.75) is 24.8 Å². The number of hydrogen-bond donors (Lipinski definition) is 1. The van der Waals surface area contributed by atoms with Gasteiger partial charge in [0.15, 0.2) is 5.82 Å². The van der Waals surface area contributed by atoms with Crippen LogP contribution in [0.15, 0.2) is 28.8 Å². The zero-order valence-corrected chi connectivity index (χ0v) is 9.14. The summed E-state index contributed by atoms with van der Waals surface area (Å²) in [6.07, 6.45) is 2.21. The van der Waals surface area contributed by atoms with Gasteiger partial charge < -0.3 is 10.3 Å². The number of nitrogens with zero attached hydrogens (tertiary/aromatic N) is 2. The predicted octanol–water partition coefficient (Wildman–Crippen LogP) is 2.13. The van der Waals surface area contributed by atoms with Crippen molar-refractivity contribution in [3.8, 4) is 0 Å². The largest absolute Gasteiger partial charge is 0.339 e. The van der Waals surface area contributed by atoms with E-state index in [4.69, 9.17) is 10.3 Å². The molecule has 2 aromatic rings. The summed E-state index contributed by atoms with van der Waals surface area (Å²) in [5, 5.41) is 3.87. The second-order valence-electron chi connectivity index (χ2n) is 4.29. The average Bonchev–Trinajstić information content (AvgIpc) is 3.07. The molecule has 1 fully saturated rings. The summed E-state index contributed by atoms with van der Waals surface area (Å²) >= 11 is 0. The predicted molar refractivity (Wildman–Crippen MR) is 58.7 cm³/mol. The third-order valence-electron chi connectivity index (χ3n) is 2.89. The van der Waals surface area contributed by atoms with Crippen molar-refractivity contribution >= 4 is 0 Å². The smallest absolute Gasteiger partial charge is 0.229 e. The lowest BCUT2D eigenvalue weighted by molar-refractivity contribution is 0.372. The minimum Gasteiger partial charge on any atom is -0.339 e. The number of rotatable bonds is 3. The Bertz CT molecular complexity index is 519. The zero-order valence-electron chi connectivity index (χ0n) is 9.14. The highest BCUT2D eigenvalue weighted by molar-refractivity contribution is 5.24. The van der Waals surface area contributed by atoms with Crippen molar-refractivity contribution in [1.82, 2.24) is 10.1 Å². The molecule has 0 amide bonds. The Labute approximate surface area is 97.6 Å². The fourth-order valence-corrected chi connectivity index (χ4v) is 1.69. The van der Waals surface area contributed by atoms with Crippen LogP contribution in [0, 0.1) is 5.82 Å². The first-order chi connectivity index (χ1) is 8.24. The number of nitrogens with two attached hydrogens (primary N) is 1. The van der Waals surface area contributed by atoms with Gasteiger partial charge in [0, 0.05) is 5.92 Å². The summed E-state index contributed by atoms with van der Waals surface area (Å²) in [6.45, 7) is 0. The topological polar surface area (TPSA) is 64.9 Å². The van der Waals surface area contributed by atoms with E-state index in [1.807, 2.05) is 0 Å². The Morgan fingerprint density at radius 1 is 1.29 bits per heavy atom. The molecule has 1 aromatic heterocycles. The van der Waals surface area contributed by atoms with Crippen molar-refractivity contribution in [3.63, 3.8) is 0 Å². The lowest BCUT2D eigenvalue weighted by Gasteiger charge is -2.06. The van der Waals surface area contributed by atoms with Gasteiger partial charge in [-0.3, -0.25) is 0 Å². The molecule has 4 nitrogen and oxygen atoms in total. The quantitative estimate of drug-likeness (QED) is 0.882. The first-order valence-corrected chi connectivity index (χ1v) is 5.58. The number of aromatic nitrogens is 2. The molecule has 1 atom stereocenters. The van der Waals surface area contributed by atoms with E-state index in [0.29, 0.717) is 17.6 Å². The van der Waals surface area contributed by atoms with Crippen LogP contribution in [-0.4, -0.2) is 10.1 Å². The van der Waals surface area contributed by atoms with Gasteiger partial charge >= 0.3 is 0 Å². The van der Waals surface area contributed by atoms with Gasteiger partial charge in [-0.05, 0) is 30.5 Å². The Morgan fingerprint density at radius 3 is 2.65 bits per heavy atom. The van der Waals surface area contributed by atoms with Crippen LogP contribution < -0.4 is 5.73 Å². The Kier molecular flexibility index (Phi) is 2.40. The molecule has 1 saturated carbocycles. The van der Waals surface area contributed by atoms with Crippen molar-refractivity contribution < 1.29 is 8.91 Å². The average molecular weight is 233 g/mol. The first-order valence-electron chi connectivity index (χ1n) is 5.58. The molecule has 0 saturated heterocycles. The summed E-state index contributed by atoms with van der Waals surface area (Å²) in [5.74, 6) is 1.25. The first kappa shape index (κ1) is 10.4. The number of benzene rings is 1. The summed E-state index contributed by atoms with van der Waals surface area (Å²) < 4.78 is 17.9. The summed E-state index contributed by atoms with van der Waals surface area (Å²) in [7, 11) is 0. The molecular formula is C12H12FN3O. The zero-order chi connectivity index (χ0) is 11.8. The molecule has 1 aliphatic carbocycles. The van der Waals surface area contributed by atoms with E-state index in [-0.39, 0.29) is 5.82 Å². The van der Waals surface area contributed by atoms with Crippen LogP contribution in [0.1, 0.15) is 42.1 Å². The molecular weight excluding hydrogens is 221 g/mol. The highest BCUT2D eigenvalue weighted by atomic mass is 19.1. The minimum atomic E-state index is -0.466. The third-order valence-corrected chi connectivity index (χ3v) is 2.89. The summed E-state index contributed by atoms with van der Waals surface area (Å²) in [6, 6.07) is 5.54. The second-order valence-corrected chi connectivity index (χ2v) is 4.29. The van der Waals surface area contributed by atoms with Gasteiger partial charge in [-0.25, -0.2) is 4.39 Å². The number of hydrogen-bond acceptors (Lipinski definition) is 4. The van der Waals surface area contributed by atoms with Crippen LogP contribution in [0.3, 0.4) is 0 Å². The van der Waals surface area contributed by atoms with Gasteiger partial charge in [0.25, 0.3) is 0 Å². The van der Waals surface area contributed by atoms with E-state index < -0.39 is 6.04 Å². The molecule has 17 heavy (non-hydrogen) atoms. The van der Waals surface area contributed by atoms with E-state index in [1.54, 1.807) is 12.1 Å². The standard InChI is InChI=1S/C12H12FN3O/c13-9-5-3-7(4-6-9)10(14)11-15-12(17-16-11)8-1-2-8/h3-6,8,10H,1-2,14H2. The minimum absolute atomic E-state index is 0.285. The summed E-state index contributed by atoms with van der Waals surface area (Å²) in [4.78, 5) is 4.27. The van der Waals surface area contributed by atoms with Crippen LogP contribution in [0.25, 0.3) is 0 Å². The van der Waals surface area contributed by atoms with Crippen molar-refractivity contribution in [1.29, 1.82) is 0 Å². The maximum Gasteiger partial charge on any atom is 0.229 e. The molecule has 1 unspecified atom stereocenters. The molecule has 0 radical (unpaired) electrons. The fourth-order valence-electron chi connectivity index (χ4n) is 1.69. The lowest BCUT2D eigenvalue weighted by atomic mass is 10.1. The normalized spacial score (nSPS) is 17.1. The molecule has 2 N–H and O–H groups in total. The van der Waals surface area contributed by atoms with Crippen LogP contribution in [0.5, 0.6) is 0 Å². The molecule has 0 bridgehead atoms. The van der Waals surface area contributed by atoms with Crippen molar-refractivity contribution in [2.75, 3.05) is 0 Å². The molecule has 0 aliphatic heterocycles.